The van der Waals surface area contributed by atoms with E-state index in [0.29, 0.717) is 13.1 Å². The minimum Gasteiger partial charge on any atom is -0.351 e. The zero-order valence-electron chi connectivity index (χ0n) is 19.2. The predicted octanol–water partition coefficient (Wildman–Crippen LogP) is 3.89. The van der Waals surface area contributed by atoms with Crippen molar-refractivity contribution < 1.29 is 31.2 Å². The molecule has 12 heteroatoms. The molecule has 194 valence electrons. The summed E-state index contributed by atoms with van der Waals surface area (Å²) in [5.74, 6) is -5.18. The Labute approximate surface area is 212 Å². The highest BCUT2D eigenvalue weighted by molar-refractivity contribution is 7.89. The third-order valence-corrected chi connectivity index (χ3v) is 8.39. The highest BCUT2D eigenvalue weighted by Gasteiger charge is 2.47. The van der Waals surface area contributed by atoms with E-state index < -0.39 is 58.5 Å². The van der Waals surface area contributed by atoms with E-state index in [4.69, 9.17) is 11.6 Å². The summed E-state index contributed by atoms with van der Waals surface area (Å²) < 4.78 is 66.6. The summed E-state index contributed by atoms with van der Waals surface area (Å²) in [6, 6.07) is 9.11. The SMILES string of the molecule is O=C(NC1CC(F)(F)C1)[C@@H](c1ccccc1Cl)N(C(=O)CCCS(=O)(=O)N1CC1)c1cccc(F)c1. The van der Waals surface area contributed by atoms with E-state index in [1.165, 1.54) is 34.6 Å². The van der Waals surface area contributed by atoms with E-state index in [0.717, 1.165) is 11.0 Å². The fourth-order valence-corrected chi connectivity index (χ4v) is 5.82. The van der Waals surface area contributed by atoms with E-state index in [1.807, 2.05) is 0 Å². The summed E-state index contributed by atoms with van der Waals surface area (Å²) >= 11 is 6.37. The van der Waals surface area contributed by atoms with Crippen molar-refractivity contribution in [3.8, 4) is 0 Å². The quantitative estimate of drug-likeness (QED) is 0.461. The number of anilines is 1. The van der Waals surface area contributed by atoms with Crippen LogP contribution >= 0.6 is 11.6 Å². The van der Waals surface area contributed by atoms with E-state index in [-0.39, 0.29) is 34.9 Å². The lowest BCUT2D eigenvalue weighted by atomic mass is 9.87. The number of carbonyl (C=O) groups is 2. The average Bonchev–Trinajstić information content (AvgIpc) is 3.63. The number of sulfonamides is 1. The van der Waals surface area contributed by atoms with Crippen LogP contribution in [0.5, 0.6) is 0 Å². The summed E-state index contributed by atoms with van der Waals surface area (Å²) in [4.78, 5) is 28.0. The fraction of sp³-hybridized carbons (Fsp3) is 0.417. The maximum Gasteiger partial charge on any atom is 0.252 e. The molecule has 1 atom stereocenters. The van der Waals surface area contributed by atoms with Crippen molar-refractivity contribution in [2.24, 2.45) is 0 Å². The van der Waals surface area contributed by atoms with Crippen LogP contribution in [0.2, 0.25) is 5.02 Å². The van der Waals surface area contributed by atoms with Crippen LogP contribution in [-0.4, -0.2) is 55.3 Å². The number of nitrogens with one attached hydrogen (secondary N) is 1. The van der Waals surface area contributed by atoms with Crippen molar-refractivity contribution in [3.63, 3.8) is 0 Å². The first-order valence-electron chi connectivity index (χ1n) is 11.4. The molecule has 0 aromatic heterocycles. The van der Waals surface area contributed by atoms with E-state index in [2.05, 4.69) is 5.32 Å². The average molecular weight is 544 g/mol. The van der Waals surface area contributed by atoms with Crippen LogP contribution in [0.1, 0.15) is 37.3 Å². The Morgan fingerprint density at radius 1 is 1.14 bits per heavy atom. The molecule has 0 unspecified atom stereocenters. The summed E-state index contributed by atoms with van der Waals surface area (Å²) in [5.41, 5.74) is 0.268. The lowest BCUT2D eigenvalue weighted by Gasteiger charge is -2.38. The third kappa shape index (κ3) is 6.19. The van der Waals surface area contributed by atoms with Gasteiger partial charge in [0.05, 0.1) is 5.75 Å². The van der Waals surface area contributed by atoms with Crippen molar-refractivity contribution in [1.82, 2.24) is 9.62 Å². The minimum absolute atomic E-state index is 0.0187. The topological polar surface area (TPSA) is 86.6 Å². The van der Waals surface area contributed by atoms with Crippen LogP contribution in [0.25, 0.3) is 0 Å². The van der Waals surface area contributed by atoms with Crippen LogP contribution < -0.4 is 10.2 Å². The molecule has 1 aliphatic heterocycles. The van der Waals surface area contributed by atoms with Crippen molar-refractivity contribution in [1.29, 1.82) is 0 Å². The smallest absolute Gasteiger partial charge is 0.252 e. The number of alkyl halides is 2. The molecule has 2 aromatic rings. The molecular formula is C24H25ClF3N3O4S. The molecule has 1 saturated heterocycles. The number of halogens is 4. The number of hydrogen-bond acceptors (Lipinski definition) is 4. The van der Waals surface area contributed by atoms with Gasteiger partial charge < -0.3 is 5.32 Å². The highest BCUT2D eigenvalue weighted by atomic mass is 35.5. The first kappa shape index (κ1) is 26.4. The summed E-state index contributed by atoms with van der Waals surface area (Å²) in [6.45, 7) is 0.890. The molecule has 0 bridgehead atoms. The molecule has 1 saturated carbocycles. The molecule has 2 aromatic carbocycles. The molecule has 1 aliphatic carbocycles. The molecule has 1 heterocycles. The number of benzene rings is 2. The minimum atomic E-state index is -3.47. The zero-order valence-corrected chi connectivity index (χ0v) is 20.7. The van der Waals surface area contributed by atoms with E-state index in [1.54, 1.807) is 12.1 Å². The van der Waals surface area contributed by atoms with Gasteiger partial charge in [-0.05, 0) is 30.7 Å². The first-order chi connectivity index (χ1) is 17.0. The first-order valence-corrected chi connectivity index (χ1v) is 13.4. The van der Waals surface area contributed by atoms with Crippen LogP contribution in [0.15, 0.2) is 48.5 Å². The number of nitrogens with zero attached hydrogens (tertiary/aromatic N) is 2. The van der Waals surface area contributed by atoms with Gasteiger partial charge in [-0.1, -0.05) is 35.9 Å². The number of amides is 2. The van der Waals surface area contributed by atoms with Crippen LogP contribution in [-0.2, 0) is 19.6 Å². The summed E-state index contributed by atoms with van der Waals surface area (Å²) in [5, 5.41) is 2.70. The van der Waals surface area contributed by atoms with Gasteiger partial charge in [0.25, 0.3) is 5.92 Å². The number of rotatable bonds is 10. The summed E-state index contributed by atoms with van der Waals surface area (Å²) in [6.07, 6.45) is -1.33. The summed E-state index contributed by atoms with van der Waals surface area (Å²) in [7, 11) is -3.47. The molecule has 2 aliphatic rings. The van der Waals surface area contributed by atoms with Crippen LogP contribution in [0, 0.1) is 5.82 Å². The molecule has 2 fully saturated rings. The molecule has 7 nitrogen and oxygen atoms in total. The molecule has 0 spiro atoms. The van der Waals surface area contributed by atoms with Gasteiger partial charge in [-0.2, -0.15) is 4.31 Å². The van der Waals surface area contributed by atoms with Crippen molar-refractivity contribution in [3.05, 3.63) is 64.9 Å². The Morgan fingerprint density at radius 3 is 2.44 bits per heavy atom. The lowest BCUT2D eigenvalue weighted by Crippen LogP contribution is -2.54. The van der Waals surface area contributed by atoms with Gasteiger partial charge in [0, 0.05) is 54.7 Å². The Morgan fingerprint density at radius 2 is 1.83 bits per heavy atom. The molecule has 36 heavy (non-hydrogen) atoms. The second kappa shape index (κ2) is 10.4. The zero-order chi connectivity index (χ0) is 26.1. The second-order valence-corrected chi connectivity index (χ2v) is 11.5. The maximum atomic E-state index is 14.2. The molecular weight excluding hydrogens is 519 g/mol. The Kier molecular flexibility index (Phi) is 7.63. The Balaban J connectivity index is 1.65. The lowest BCUT2D eigenvalue weighted by molar-refractivity contribution is -0.132. The molecule has 2 amide bonds. The van der Waals surface area contributed by atoms with Gasteiger partial charge in [-0.25, -0.2) is 21.6 Å². The van der Waals surface area contributed by atoms with Crippen molar-refractivity contribution in [2.45, 2.75) is 43.7 Å². The van der Waals surface area contributed by atoms with Gasteiger partial charge in [0.1, 0.15) is 11.9 Å². The molecule has 4 rings (SSSR count). The van der Waals surface area contributed by atoms with Gasteiger partial charge in [-0.15, -0.1) is 0 Å². The number of carbonyl (C=O) groups excluding carboxylic acids is 2. The third-order valence-electron chi connectivity index (χ3n) is 6.09. The van der Waals surface area contributed by atoms with Gasteiger partial charge >= 0.3 is 0 Å². The van der Waals surface area contributed by atoms with Crippen molar-refractivity contribution in [2.75, 3.05) is 23.7 Å². The highest BCUT2D eigenvalue weighted by Crippen LogP contribution is 2.39. The standard InChI is InChI=1S/C24H25ClF3N3O4S/c25-20-8-2-1-7-19(20)22(23(33)29-17-14-24(27,28)15-17)31(18-6-3-5-16(26)13-18)21(32)9-4-12-36(34,35)30-10-11-30/h1-3,5-8,13,17,22H,4,9-12,14-15H2,(H,29,33)/t22-/m1/s1. The Bertz CT molecular complexity index is 1250. The van der Waals surface area contributed by atoms with Crippen LogP contribution in [0.3, 0.4) is 0 Å². The normalized spacial score (nSPS) is 18.2. The van der Waals surface area contributed by atoms with E-state index in [9.17, 15) is 31.2 Å². The predicted molar refractivity (Wildman–Crippen MR) is 129 cm³/mol. The van der Waals surface area contributed by atoms with Gasteiger partial charge in [-0.3, -0.25) is 14.5 Å². The van der Waals surface area contributed by atoms with E-state index >= 15 is 0 Å². The largest absolute Gasteiger partial charge is 0.351 e. The Hall–Kier alpha value is -2.63. The monoisotopic (exact) mass is 543 g/mol. The number of hydrogen-bond donors (Lipinski definition) is 1. The van der Waals surface area contributed by atoms with Gasteiger partial charge in [0.2, 0.25) is 21.8 Å². The second-order valence-electron chi connectivity index (χ2n) is 8.96. The fourth-order valence-electron chi connectivity index (χ4n) is 4.18. The molecule has 1 N–H and O–H groups in total. The molecule has 0 radical (unpaired) electrons. The van der Waals surface area contributed by atoms with Gasteiger partial charge in [0.15, 0.2) is 0 Å². The maximum absolute atomic E-state index is 14.2. The van der Waals surface area contributed by atoms with Crippen molar-refractivity contribution >= 4 is 39.1 Å². The van der Waals surface area contributed by atoms with Crippen LogP contribution in [0.4, 0.5) is 18.9 Å².